The highest BCUT2D eigenvalue weighted by molar-refractivity contribution is 7.98. The summed E-state index contributed by atoms with van der Waals surface area (Å²) >= 11 is 1.58. The van der Waals surface area contributed by atoms with Crippen LogP contribution in [-0.4, -0.2) is 76.5 Å². The number of rotatable bonds is 18. The summed E-state index contributed by atoms with van der Waals surface area (Å²) in [6.07, 6.45) is 6.24. The predicted molar refractivity (Wildman–Crippen MR) is 159 cm³/mol. The van der Waals surface area contributed by atoms with Crippen LogP contribution in [0, 0.1) is 5.92 Å². The third-order valence-corrected chi connectivity index (χ3v) is 7.70. The molecule has 1 aromatic carbocycles. The average molecular weight is 577 g/mol. The number of nitrogens with two attached hydrogens (primary N) is 2. The zero-order valence-electron chi connectivity index (χ0n) is 23.6. The predicted octanol–water partition coefficient (Wildman–Crippen LogP) is 1.50. The summed E-state index contributed by atoms with van der Waals surface area (Å²) in [5, 5.41) is 18.9. The highest BCUT2D eigenvalue weighted by atomic mass is 32.2. The van der Waals surface area contributed by atoms with E-state index in [1.807, 2.05) is 44.4 Å². The van der Waals surface area contributed by atoms with Crippen LogP contribution < -0.4 is 27.4 Å². The van der Waals surface area contributed by atoms with Crippen LogP contribution in [0.5, 0.6) is 0 Å². The van der Waals surface area contributed by atoms with Gasteiger partial charge in [-0.1, -0.05) is 38.5 Å². The van der Waals surface area contributed by atoms with E-state index in [1.54, 1.807) is 18.0 Å². The molecule has 5 unspecified atom stereocenters. The number of aromatic amines is 1. The minimum atomic E-state index is -1.21. The lowest BCUT2D eigenvalue weighted by atomic mass is 9.96. The van der Waals surface area contributed by atoms with E-state index in [9.17, 15) is 24.3 Å². The fraction of sp³-hybridized carbons (Fsp3) is 0.571. The summed E-state index contributed by atoms with van der Waals surface area (Å²) < 4.78 is 0. The van der Waals surface area contributed by atoms with E-state index < -0.39 is 47.9 Å². The van der Waals surface area contributed by atoms with Crippen molar-refractivity contribution in [1.29, 1.82) is 0 Å². The molecule has 5 atom stereocenters. The molecule has 0 aliphatic rings. The Morgan fingerprint density at radius 3 is 2.35 bits per heavy atom. The van der Waals surface area contributed by atoms with Crippen LogP contribution in [0.15, 0.2) is 30.5 Å². The first-order valence-corrected chi connectivity index (χ1v) is 15.2. The largest absolute Gasteiger partial charge is 0.480 e. The van der Waals surface area contributed by atoms with Crippen molar-refractivity contribution in [3.63, 3.8) is 0 Å². The van der Waals surface area contributed by atoms with Crippen molar-refractivity contribution in [3.05, 3.63) is 36.0 Å². The van der Waals surface area contributed by atoms with E-state index in [4.69, 9.17) is 11.5 Å². The molecule has 0 aliphatic heterocycles. The van der Waals surface area contributed by atoms with E-state index in [2.05, 4.69) is 20.9 Å². The molecule has 1 heterocycles. The summed E-state index contributed by atoms with van der Waals surface area (Å²) in [5.74, 6) is -2.25. The van der Waals surface area contributed by atoms with Crippen LogP contribution >= 0.6 is 11.8 Å². The Morgan fingerprint density at radius 1 is 1.00 bits per heavy atom. The van der Waals surface area contributed by atoms with E-state index in [1.165, 1.54) is 0 Å². The van der Waals surface area contributed by atoms with Gasteiger partial charge in [-0.2, -0.15) is 11.8 Å². The van der Waals surface area contributed by atoms with Crippen LogP contribution in [0.1, 0.15) is 51.5 Å². The second-order valence-electron chi connectivity index (χ2n) is 10.1. The Balaban J connectivity index is 2.18. The molecule has 3 amide bonds. The minimum absolute atomic E-state index is 0.0635. The van der Waals surface area contributed by atoms with E-state index in [0.717, 1.165) is 16.5 Å². The quantitative estimate of drug-likeness (QED) is 0.130. The van der Waals surface area contributed by atoms with E-state index in [-0.39, 0.29) is 18.8 Å². The molecular formula is C28H44N6O5S. The molecule has 11 nitrogen and oxygen atoms in total. The number of hydrogen-bond acceptors (Lipinski definition) is 7. The summed E-state index contributed by atoms with van der Waals surface area (Å²) in [4.78, 5) is 54.7. The van der Waals surface area contributed by atoms with Gasteiger partial charge in [-0.15, -0.1) is 0 Å². The van der Waals surface area contributed by atoms with Crippen molar-refractivity contribution < 1.29 is 24.3 Å². The average Bonchev–Trinajstić information content (AvgIpc) is 3.35. The zero-order valence-corrected chi connectivity index (χ0v) is 24.4. The number of fused-ring (bicyclic) bond motifs is 1. The van der Waals surface area contributed by atoms with Crippen molar-refractivity contribution in [2.45, 2.75) is 76.5 Å². The number of carboxylic acid groups (broad SMARTS) is 1. The first-order chi connectivity index (χ1) is 19.1. The number of hydrogen-bond donors (Lipinski definition) is 7. The Bertz CT molecular complexity index is 1130. The standard InChI is InChI=1S/C28H44N6O5S/c1-4-17(2)24(34-25(35)20(30)12-14-40-3)27(37)32-22(11-7-8-13-29)26(36)33-23(28(38)39)15-18-16-31-21-10-6-5-9-19(18)21/h5-6,9-10,16-17,20,22-24,31H,4,7-8,11-15,29-30H2,1-3H3,(H,32,37)(H,33,36)(H,34,35)(H,38,39). The summed E-state index contributed by atoms with van der Waals surface area (Å²) in [7, 11) is 0. The summed E-state index contributed by atoms with van der Waals surface area (Å²) in [6, 6.07) is 3.64. The molecule has 0 saturated heterocycles. The summed E-state index contributed by atoms with van der Waals surface area (Å²) in [5.41, 5.74) is 13.3. The van der Waals surface area contributed by atoms with Crippen LogP contribution in [0.4, 0.5) is 0 Å². The third kappa shape index (κ3) is 9.83. The molecule has 0 aliphatic carbocycles. The number of nitrogens with one attached hydrogen (secondary N) is 4. The second-order valence-corrected chi connectivity index (χ2v) is 11.1. The molecule has 12 heteroatoms. The Hall–Kier alpha value is -3.09. The molecule has 2 aromatic rings. The summed E-state index contributed by atoms with van der Waals surface area (Å²) in [6.45, 7) is 4.15. The maximum absolute atomic E-state index is 13.4. The number of aliphatic carboxylic acids is 1. The van der Waals surface area contributed by atoms with Crippen molar-refractivity contribution >= 4 is 46.4 Å². The third-order valence-electron chi connectivity index (χ3n) is 7.06. The highest BCUT2D eigenvalue weighted by Crippen LogP contribution is 2.19. The van der Waals surface area contributed by atoms with Gasteiger partial charge < -0.3 is 37.5 Å². The van der Waals surface area contributed by atoms with E-state index >= 15 is 0 Å². The number of H-pyrrole nitrogens is 1. The number of para-hydroxylation sites is 1. The number of benzene rings is 1. The fourth-order valence-electron chi connectivity index (χ4n) is 4.35. The van der Waals surface area contributed by atoms with Gasteiger partial charge in [0, 0.05) is 23.5 Å². The SMILES string of the molecule is CCC(C)C(NC(=O)C(N)CCSC)C(=O)NC(CCCCN)C(=O)NC(Cc1c[nH]c2ccccc12)C(=O)O. The zero-order chi connectivity index (χ0) is 29.7. The van der Waals surface area contributed by atoms with Crippen molar-refractivity contribution in [2.75, 3.05) is 18.6 Å². The van der Waals surface area contributed by atoms with Crippen LogP contribution in [-0.2, 0) is 25.6 Å². The molecule has 0 saturated carbocycles. The van der Waals surface area contributed by atoms with Gasteiger partial charge in [0.05, 0.1) is 6.04 Å². The number of thioether (sulfide) groups is 1. The number of carbonyl (C=O) groups excluding carboxylic acids is 3. The number of unbranched alkanes of at least 4 members (excludes halogenated alkanes) is 1. The van der Waals surface area contributed by atoms with E-state index in [0.29, 0.717) is 38.0 Å². The van der Waals surface area contributed by atoms with Gasteiger partial charge >= 0.3 is 5.97 Å². The highest BCUT2D eigenvalue weighted by Gasteiger charge is 2.32. The molecule has 0 radical (unpaired) electrons. The van der Waals surface area contributed by atoms with Gasteiger partial charge in [0.15, 0.2) is 0 Å². The lowest BCUT2D eigenvalue weighted by Gasteiger charge is -2.28. The second kappa shape index (κ2) is 16.9. The molecule has 222 valence electrons. The van der Waals surface area contributed by atoms with Gasteiger partial charge in [-0.3, -0.25) is 14.4 Å². The lowest BCUT2D eigenvalue weighted by molar-refractivity contribution is -0.142. The van der Waals surface area contributed by atoms with Crippen molar-refractivity contribution in [1.82, 2.24) is 20.9 Å². The molecule has 0 spiro atoms. The maximum Gasteiger partial charge on any atom is 0.326 e. The number of carbonyl (C=O) groups is 4. The molecule has 40 heavy (non-hydrogen) atoms. The van der Waals surface area contributed by atoms with Gasteiger partial charge in [-0.25, -0.2) is 4.79 Å². The molecule has 0 bridgehead atoms. The van der Waals surface area contributed by atoms with Crippen LogP contribution in [0.3, 0.4) is 0 Å². The molecule has 1 aromatic heterocycles. The minimum Gasteiger partial charge on any atom is -0.480 e. The number of amides is 3. The van der Waals surface area contributed by atoms with Gasteiger partial charge in [0.2, 0.25) is 17.7 Å². The Labute approximate surface area is 240 Å². The molecule has 0 fully saturated rings. The van der Waals surface area contributed by atoms with Gasteiger partial charge in [0.1, 0.15) is 18.1 Å². The molecule has 2 rings (SSSR count). The first kappa shape index (κ1) is 33.1. The van der Waals surface area contributed by atoms with Crippen LogP contribution in [0.2, 0.25) is 0 Å². The fourth-order valence-corrected chi connectivity index (χ4v) is 4.84. The van der Waals surface area contributed by atoms with Crippen molar-refractivity contribution in [3.8, 4) is 0 Å². The molecular weight excluding hydrogens is 532 g/mol. The van der Waals surface area contributed by atoms with Crippen molar-refractivity contribution in [2.24, 2.45) is 17.4 Å². The monoisotopic (exact) mass is 576 g/mol. The van der Waals surface area contributed by atoms with Gasteiger partial charge in [0.25, 0.3) is 0 Å². The topological polar surface area (TPSA) is 192 Å². The first-order valence-electron chi connectivity index (χ1n) is 13.8. The number of carboxylic acids is 1. The number of aromatic nitrogens is 1. The Morgan fingerprint density at radius 2 is 1.70 bits per heavy atom. The smallest absolute Gasteiger partial charge is 0.326 e. The normalized spacial score (nSPS) is 15.0. The molecule has 9 N–H and O–H groups in total. The van der Waals surface area contributed by atoms with Crippen LogP contribution in [0.25, 0.3) is 10.9 Å². The Kier molecular flexibility index (Phi) is 14.0. The maximum atomic E-state index is 13.4. The van der Waals surface area contributed by atoms with Gasteiger partial charge in [-0.05, 0) is 61.8 Å². The lowest BCUT2D eigenvalue weighted by Crippen LogP contribution is -2.58.